The Bertz CT molecular complexity index is 187. The number of hydrogen-bond donors (Lipinski definition) is 1. The van der Waals surface area contributed by atoms with E-state index in [4.69, 9.17) is 4.74 Å². The minimum Gasteiger partial charge on any atom is -0.377 e. The Morgan fingerprint density at radius 1 is 1.64 bits per heavy atom. The lowest BCUT2D eigenvalue weighted by Gasteiger charge is -2.37. The van der Waals surface area contributed by atoms with Crippen LogP contribution in [0.15, 0.2) is 0 Å². The van der Waals surface area contributed by atoms with Crippen molar-refractivity contribution in [3.8, 4) is 0 Å². The molecule has 2 saturated heterocycles. The van der Waals surface area contributed by atoms with Gasteiger partial charge >= 0.3 is 0 Å². The van der Waals surface area contributed by atoms with E-state index in [0.717, 1.165) is 19.8 Å². The number of ether oxygens (including phenoxy) is 1. The summed E-state index contributed by atoms with van der Waals surface area (Å²) in [5.74, 6) is 0. The molecule has 2 aliphatic heterocycles. The lowest BCUT2D eigenvalue weighted by molar-refractivity contribution is -0.526. The van der Waals surface area contributed by atoms with Gasteiger partial charge in [0, 0.05) is 6.42 Å². The van der Waals surface area contributed by atoms with Gasteiger partial charge in [0.2, 0.25) is 0 Å². The van der Waals surface area contributed by atoms with Crippen LogP contribution in [-0.4, -0.2) is 49.7 Å². The fourth-order valence-electron chi connectivity index (χ4n) is 1.81. The van der Waals surface area contributed by atoms with E-state index in [1.54, 1.807) is 0 Å². The Morgan fingerprint density at radius 2 is 2.36 bits per heavy atom. The average Bonchev–Trinajstić information content (AvgIpc) is 2.28. The van der Waals surface area contributed by atoms with Crippen molar-refractivity contribution in [2.45, 2.75) is 18.0 Å². The van der Waals surface area contributed by atoms with E-state index in [9.17, 15) is 0 Å². The fraction of sp³-hybridized carbons (Fsp3) is 0.875. The molecule has 0 bridgehead atoms. The molecule has 0 aromatic rings. The molecule has 0 aromatic heterocycles. The van der Waals surface area contributed by atoms with Gasteiger partial charge in [-0.1, -0.05) is 0 Å². The van der Waals surface area contributed by atoms with Crippen molar-refractivity contribution in [1.29, 1.82) is 0 Å². The summed E-state index contributed by atoms with van der Waals surface area (Å²) >= 11 is 0. The molecule has 11 heavy (non-hydrogen) atoms. The van der Waals surface area contributed by atoms with Gasteiger partial charge in [-0.3, -0.25) is 0 Å². The molecular weight excluding hydrogens is 140 g/mol. The molecule has 0 saturated carbocycles. The second-order valence-corrected chi connectivity index (χ2v) is 3.77. The lowest BCUT2D eigenvalue weighted by atomic mass is 9.94. The normalized spacial score (nSPS) is 33.7. The van der Waals surface area contributed by atoms with E-state index >= 15 is 0 Å². The predicted molar refractivity (Wildman–Crippen MR) is 43.3 cm³/mol. The van der Waals surface area contributed by atoms with Gasteiger partial charge in [0.1, 0.15) is 13.8 Å². The summed E-state index contributed by atoms with van der Waals surface area (Å²) in [6.45, 7) is 6.73. The van der Waals surface area contributed by atoms with Crippen molar-refractivity contribution in [3.05, 3.63) is 0 Å². The summed E-state index contributed by atoms with van der Waals surface area (Å²) in [4.78, 5) is 0. The van der Waals surface area contributed by atoms with Crippen LogP contribution in [0.1, 0.15) is 6.42 Å². The molecule has 2 rings (SSSR count). The number of likely N-dealkylation sites (N-methyl/N-ethyl adjacent to an activating group) is 1. The highest BCUT2D eigenvalue weighted by Gasteiger charge is 2.47. The number of hydrogen-bond acceptors (Lipinski definition) is 2. The monoisotopic (exact) mass is 155 g/mol. The molecule has 0 aromatic carbocycles. The Morgan fingerprint density at radius 3 is 2.64 bits per heavy atom. The van der Waals surface area contributed by atoms with Crippen LogP contribution in [0.5, 0.6) is 0 Å². The fourth-order valence-corrected chi connectivity index (χ4v) is 1.81. The number of nitrogens with one attached hydrogen (secondary N) is 1. The third kappa shape index (κ3) is 1.08. The van der Waals surface area contributed by atoms with Crippen LogP contribution in [0.25, 0.3) is 0 Å². The van der Waals surface area contributed by atoms with Crippen LogP contribution in [0, 0.1) is 0 Å². The molecule has 2 aliphatic rings. The molecule has 1 unspecified atom stereocenters. The van der Waals surface area contributed by atoms with Crippen LogP contribution < -0.4 is 5.32 Å². The molecule has 0 radical (unpaired) electrons. The molecule has 0 aliphatic carbocycles. The zero-order valence-electron chi connectivity index (χ0n) is 6.97. The number of rotatable bonds is 1. The molecule has 62 valence electrons. The first-order valence-electron chi connectivity index (χ1n) is 4.08. The van der Waals surface area contributed by atoms with Gasteiger partial charge in [0.25, 0.3) is 0 Å². The van der Waals surface area contributed by atoms with E-state index in [0.29, 0.717) is 11.6 Å². The smallest absolute Gasteiger partial charge is 0.166 e. The summed E-state index contributed by atoms with van der Waals surface area (Å²) < 4.78 is 7.23. The first-order valence-corrected chi connectivity index (χ1v) is 4.08. The van der Waals surface area contributed by atoms with Gasteiger partial charge in [0.05, 0.1) is 25.3 Å². The summed E-state index contributed by atoms with van der Waals surface area (Å²) in [6.07, 6.45) is 1.19. The second kappa shape index (κ2) is 2.29. The minimum atomic E-state index is 0.316. The van der Waals surface area contributed by atoms with Gasteiger partial charge in [0.15, 0.2) is 6.04 Å². The van der Waals surface area contributed by atoms with Crippen molar-refractivity contribution in [2.24, 2.45) is 0 Å². The second-order valence-electron chi connectivity index (χ2n) is 3.77. The van der Waals surface area contributed by atoms with Crippen molar-refractivity contribution in [3.63, 3.8) is 0 Å². The summed E-state index contributed by atoms with van der Waals surface area (Å²) in [6, 6.07) is 0.596. The Balaban J connectivity index is 1.98. The minimum absolute atomic E-state index is 0.316. The molecular formula is C8H15N2O+. The molecule has 2 fully saturated rings. The maximum Gasteiger partial charge on any atom is 0.166 e. The third-order valence-corrected chi connectivity index (χ3v) is 2.72. The molecule has 0 amide bonds. The topological polar surface area (TPSA) is 24.3 Å². The highest BCUT2D eigenvalue weighted by Crippen LogP contribution is 2.27. The highest BCUT2D eigenvalue weighted by molar-refractivity contribution is 5.15. The maximum absolute atomic E-state index is 5.19. The first-order chi connectivity index (χ1) is 5.22. The van der Waals surface area contributed by atoms with Crippen molar-refractivity contribution in [1.82, 2.24) is 5.32 Å². The van der Waals surface area contributed by atoms with E-state index in [1.807, 2.05) is 11.6 Å². The van der Waals surface area contributed by atoms with Crippen molar-refractivity contribution < 1.29 is 9.31 Å². The molecule has 3 heteroatoms. The quantitative estimate of drug-likeness (QED) is 0.406. The van der Waals surface area contributed by atoms with Gasteiger partial charge in [-0.05, 0) is 0 Å². The summed E-state index contributed by atoms with van der Waals surface area (Å²) in [7, 11) is 2.03. The van der Waals surface area contributed by atoms with Crippen LogP contribution in [0.2, 0.25) is 0 Å². The Kier molecular flexibility index (Phi) is 1.51. The summed E-state index contributed by atoms with van der Waals surface area (Å²) in [5.41, 5.74) is 0.316. The summed E-state index contributed by atoms with van der Waals surface area (Å²) in [5, 5.41) is 3.49. The molecule has 1 spiro atoms. The Labute approximate surface area is 67.1 Å². The van der Waals surface area contributed by atoms with E-state index in [-0.39, 0.29) is 0 Å². The van der Waals surface area contributed by atoms with E-state index in [2.05, 4.69) is 12.0 Å². The highest BCUT2D eigenvalue weighted by atomic mass is 16.5. The van der Waals surface area contributed by atoms with E-state index in [1.165, 1.54) is 6.42 Å². The van der Waals surface area contributed by atoms with Gasteiger partial charge in [-0.2, -0.15) is 0 Å². The zero-order valence-corrected chi connectivity index (χ0v) is 6.97. The van der Waals surface area contributed by atoms with Gasteiger partial charge in [-0.15, -0.1) is 0 Å². The lowest BCUT2D eigenvalue weighted by Crippen LogP contribution is -2.56. The molecule has 3 nitrogen and oxygen atoms in total. The van der Waals surface area contributed by atoms with Crippen LogP contribution >= 0.6 is 0 Å². The molecule has 1 atom stereocenters. The molecule has 2 heterocycles. The van der Waals surface area contributed by atoms with Gasteiger partial charge < -0.3 is 10.1 Å². The van der Waals surface area contributed by atoms with Crippen LogP contribution in [-0.2, 0) is 4.74 Å². The zero-order chi connectivity index (χ0) is 7.90. The predicted octanol–water partition coefficient (Wildman–Crippen LogP) is -0.540. The molecule has 1 N–H and O–H groups in total. The largest absolute Gasteiger partial charge is 0.377 e. The maximum atomic E-state index is 5.19. The van der Waals surface area contributed by atoms with Crippen molar-refractivity contribution in [2.75, 3.05) is 26.8 Å². The van der Waals surface area contributed by atoms with Crippen LogP contribution in [0.4, 0.5) is 0 Å². The number of nitrogens with zero attached hydrogens (tertiary/aromatic N) is 1. The SMILES string of the molecule is C=[N+](C)C1CNC2(COC2)C1. The standard InChI is InChI=1S/C8H15N2O/c1-10(2)7-3-8(9-4-7)5-11-6-8/h7,9H,1,3-6H2,2H3/q+1. The Hall–Kier alpha value is -0.410. The van der Waals surface area contributed by atoms with Crippen molar-refractivity contribution >= 4 is 6.72 Å². The first kappa shape index (κ1) is 7.25. The van der Waals surface area contributed by atoms with Gasteiger partial charge in [-0.25, -0.2) is 4.58 Å². The van der Waals surface area contributed by atoms with E-state index < -0.39 is 0 Å². The van der Waals surface area contributed by atoms with Crippen LogP contribution in [0.3, 0.4) is 0 Å². The third-order valence-electron chi connectivity index (χ3n) is 2.72. The average molecular weight is 155 g/mol.